The smallest absolute Gasteiger partial charge is 0.278 e. The molecule has 0 amide bonds. The van der Waals surface area contributed by atoms with Crippen LogP contribution in [0.5, 0.6) is 0 Å². The Labute approximate surface area is 157 Å². The molecule has 2 heterocycles. The van der Waals surface area contributed by atoms with E-state index in [4.69, 9.17) is 9.26 Å². The van der Waals surface area contributed by atoms with Gasteiger partial charge in [-0.1, -0.05) is 16.8 Å². The minimum atomic E-state index is -0.392. The van der Waals surface area contributed by atoms with E-state index in [2.05, 4.69) is 25.3 Å². The van der Waals surface area contributed by atoms with Gasteiger partial charge in [0.1, 0.15) is 5.82 Å². The van der Waals surface area contributed by atoms with Crippen molar-refractivity contribution in [2.24, 2.45) is 10.2 Å². The van der Waals surface area contributed by atoms with Crippen LogP contribution in [0.25, 0.3) is 17.1 Å². The second-order valence-corrected chi connectivity index (χ2v) is 6.58. The average Bonchev–Trinajstić information content (AvgIpc) is 2.99. The minimum Gasteiger partial charge on any atom is -0.380 e. The Morgan fingerprint density at radius 2 is 2.15 bits per heavy atom. The summed E-state index contributed by atoms with van der Waals surface area (Å²) in [4.78, 5) is 6.66. The molecule has 2 aromatic rings. The van der Waals surface area contributed by atoms with Gasteiger partial charge in [-0.3, -0.25) is 4.90 Å². The molecule has 7 nitrogen and oxygen atoms in total. The first-order valence-corrected chi connectivity index (χ1v) is 8.98. The normalized spacial score (nSPS) is 17.2. The molecule has 0 unspecified atom stereocenters. The summed E-state index contributed by atoms with van der Waals surface area (Å²) in [6, 6.07) is 4.79. The number of nitrogens with zero attached hydrogens (tertiary/aromatic N) is 5. The zero-order valence-electron chi connectivity index (χ0n) is 15.9. The second kappa shape index (κ2) is 8.96. The van der Waals surface area contributed by atoms with Gasteiger partial charge in [-0.05, 0) is 38.0 Å². The van der Waals surface area contributed by atoms with Crippen molar-refractivity contribution in [3.8, 4) is 11.4 Å². The molecule has 1 aromatic carbocycles. The van der Waals surface area contributed by atoms with Gasteiger partial charge < -0.3 is 9.26 Å². The number of benzene rings is 1. The summed E-state index contributed by atoms with van der Waals surface area (Å²) in [6.07, 6.45) is 0.995. The van der Waals surface area contributed by atoms with E-state index < -0.39 is 5.82 Å². The average molecular weight is 373 g/mol. The van der Waals surface area contributed by atoms with E-state index in [0.717, 1.165) is 43.9 Å². The van der Waals surface area contributed by atoms with Gasteiger partial charge in [-0.15, -0.1) is 0 Å². The van der Waals surface area contributed by atoms with Gasteiger partial charge in [0.05, 0.1) is 12.2 Å². The Balaban J connectivity index is 1.88. The molecule has 1 aromatic heterocycles. The molecule has 0 N–H and O–H groups in total. The van der Waals surface area contributed by atoms with E-state index in [-0.39, 0.29) is 11.7 Å². The lowest BCUT2D eigenvalue weighted by atomic mass is 10.1. The molecule has 1 fully saturated rings. The fourth-order valence-electron chi connectivity index (χ4n) is 3.02. The van der Waals surface area contributed by atoms with Gasteiger partial charge in [0.25, 0.3) is 5.89 Å². The number of aryl methyl sites for hydroxylation is 1. The third-order valence-electron chi connectivity index (χ3n) is 4.37. The molecule has 1 saturated heterocycles. The summed E-state index contributed by atoms with van der Waals surface area (Å²) in [5.74, 6) is 0.0444. The van der Waals surface area contributed by atoms with Crippen molar-refractivity contribution >= 4 is 5.70 Å². The van der Waals surface area contributed by atoms with E-state index >= 15 is 0 Å². The lowest BCUT2D eigenvalue weighted by Gasteiger charge is -2.19. The summed E-state index contributed by atoms with van der Waals surface area (Å²) in [7, 11) is 1.59. The van der Waals surface area contributed by atoms with Crippen LogP contribution in [-0.4, -0.2) is 54.9 Å². The highest BCUT2D eigenvalue weighted by Gasteiger charge is 2.19. The number of rotatable bonds is 5. The molecule has 1 aliphatic rings. The van der Waals surface area contributed by atoms with Gasteiger partial charge >= 0.3 is 0 Å². The lowest BCUT2D eigenvalue weighted by Crippen LogP contribution is -2.28. The van der Waals surface area contributed by atoms with Crippen molar-refractivity contribution < 1.29 is 13.7 Å². The first-order valence-electron chi connectivity index (χ1n) is 8.98. The van der Waals surface area contributed by atoms with Gasteiger partial charge in [0.15, 0.2) is 5.70 Å². The number of halogens is 1. The van der Waals surface area contributed by atoms with E-state index in [9.17, 15) is 4.39 Å². The summed E-state index contributed by atoms with van der Waals surface area (Å²) in [6.45, 7) is 7.87. The van der Waals surface area contributed by atoms with E-state index in [1.165, 1.54) is 6.07 Å². The maximum Gasteiger partial charge on any atom is 0.278 e. The third kappa shape index (κ3) is 4.84. The van der Waals surface area contributed by atoms with Crippen molar-refractivity contribution in [2.75, 3.05) is 39.9 Å². The molecular formula is C19H24FN5O2. The van der Waals surface area contributed by atoms with Crippen LogP contribution in [0.15, 0.2) is 38.5 Å². The van der Waals surface area contributed by atoms with E-state index in [1.807, 2.05) is 13.8 Å². The molecule has 3 rings (SSSR count). The van der Waals surface area contributed by atoms with Crippen LogP contribution in [0.3, 0.4) is 0 Å². The third-order valence-corrected chi connectivity index (χ3v) is 4.37. The monoisotopic (exact) mass is 373 g/mol. The van der Waals surface area contributed by atoms with Crippen LogP contribution in [0, 0.1) is 12.7 Å². The highest BCUT2D eigenvalue weighted by atomic mass is 19.1. The Hall–Kier alpha value is -2.45. The molecule has 0 saturated carbocycles. The molecule has 0 radical (unpaired) electrons. The van der Waals surface area contributed by atoms with Crippen molar-refractivity contribution in [1.82, 2.24) is 15.0 Å². The number of hydrogen-bond donors (Lipinski definition) is 0. The molecule has 0 spiro atoms. The maximum atomic E-state index is 14.1. The Kier molecular flexibility index (Phi) is 6.41. The summed E-state index contributed by atoms with van der Waals surface area (Å²) in [5.41, 5.74) is 2.71. The fourth-order valence-corrected chi connectivity index (χ4v) is 3.02. The SMILES string of the molecule is C/N=N\C(=C(/C)CN1CCCOCC1)c1nc(-c2cc(C)ccc2F)no1. The molecule has 1 aliphatic heterocycles. The highest BCUT2D eigenvalue weighted by Crippen LogP contribution is 2.25. The zero-order valence-corrected chi connectivity index (χ0v) is 15.9. The predicted molar refractivity (Wildman–Crippen MR) is 99.7 cm³/mol. The van der Waals surface area contributed by atoms with Crippen LogP contribution in [0.4, 0.5) is 4.39 Å². The van der Waals surface area contributed by atoms with Gasteiger partial charge in [0.2, 0.25) is 5.82 Å². The predicted octanol–water partition coefficient (Wildman–Crippen LogP) is 3.72. The van der Waals surface area contributed by atoms with Crippen LogP contribution in [0.1, 0.15) is 24.8 Å². The van der Waals surface area contributed by atoms with E-state index in [0.29, 0.717) is 17.8 Å². The molecule has 0 aliphatic carbocycles. The largest absolute Gasteiger partial charge is 0.380 e. The summed E-state index contributed by atoms with van der Waals surface area (Å²) >= 11 is 0. The summed E-state index contributed by atoms with van der Waals surface area (Å²) < 4.78 is 25.0. The number of hydrogen-bond acceptors (Lipinski definition) is 7. The first kappa shape index (κ1) is 19.3. The van der Waals surface area contributed by atoms with Gasteiger partial charge in [-0.2, -0.15) is 15.2 Å². The second-order valence-electron chi connectivity index (χ2n) is 6.58. The standard InChI is InChI=1S/C19H24FN5O2/c1-13-5-6-16(20)15(11-13)18-22-19(27-24-18)17(23-21-3)14(2)12-25-7-4-9-26-10-8-25/h5-6,11H,4,7-10,12H2,1-3H3/b17-14+,23-21-. The number of azo groups is 1. The zero-order chi connectivity index (χ0) is 19.2. The van der Waals surface area contributed by atoms with Crippen LogP contribution < -0.4 is 0 Å². The first-order chi connectivity index (χ1) is 13.1. The van der Waals surface area contributed by atoms with E-state index in [1.54, 1.807) is 19.2 Å². The van der Waals surface area contributed by atoms with Gasteiger partial charge in [-0.25, -0.2) is 4.39 Å². The lowest BCUT2D eigenvalue weighted by molar-refractivity contribution is 0.143. The molecule has 0 bridgehead atoms. The molecule has 144 valence electrons. The van der Waals surface area contributed by atoms with Crippen LogP contribution >= 0.6 is 0 Å². The van der Waals surface area contributed by atoms with Gasteiger partial charge in [0, 0.05) is 33.3 Å². The van der Waals surface area contributed by atoms with Crippen molar-refractivity contribution in [2.45, 2.75) is 20.3 Å². The molecular weight excluding hydrogens is 349 g/mol. The van der Waals surface area contributed by atoms with Crippen LogP contribution in [0.2, 0.25) is 0 Å². The topological polar surface area (TPSA) is 76.1 Å². The Bertz CT molecular complexity index is 838. The minimum absolute atomic E-state index is 0.200. The fraction of sp³-hybridized carbons (Fsp3) is 0.474. The van der Waals surface area contributed by atoms with Crippen molar-refractivity contribution in [1.29, 1.82) is 0 Å². The van der Waals surface area contributed by atoms with Crippen LogP contribution in [-0.2, 0) is 4.74 Å². The highest BCUT2D eigenvalue weighted by molar-refractivity contribution is 5.64. The Morgan fingerprint density at radius 3 is 2.96 bits per heavy atom. The molecule has 27 heavy (non-hydrogen) atoms. The maximum absolute atomic E-state index is 14.1. The molecule has 0 atom stereocenters. The number of ether oxygens (including phenoxy) is 1. The van der Waals surface area contributed by atoms with Crippen molar-refractivity contribution in [3.05, 3.63) is 41.0 Å². The quantitative estimate of drug-likeness (QED) is 0.747. The van der Waals surface area contributed by atoms with Crippen molar-refractivity contribution in [3.63, 3.8) is 0 Å². The summed E-state index contributed by atoms with van der Waals surface area (Å²) in [5, 5.41) is 12.0. The number of aromatic nitrogens is 2. The molecule has 8 heteroatoms. The Morgan fingerprint density at radius 1 is 1.30 bits per heavy atom.